The Balaban J connectivity index is 1.57. The molecule has 0 saturated carbocycles. The molecule has 0 radical (unpaired) electrons. The Morgan fingerprint density at radius 2 is 1.69 bits per heavy atom. The van der Waals surface area contributed by atoms with Gasteiger partial charge in [0.2, 0.25) is 0 Å². The van der Waals surface area contributed by atoms with Crippen molar-refractivity contribution in [3.8, 4) is 0 Å². The summed E-state index contributed by atoms with van der Waals surface area (Å²) in [6.45, 7) is 5.54. The lowest BCUT2D eigenvalue weighted by atomic mass is 10.1. The zero-order valence-corrected chi connectivity index (χ0v) is 16.9. The molecule has 0 saturated heterocycles. The molecule has 0 N–H and O–H groups in total. The van der Waals surface area contributed by atoms with E-state index in [9.17, 15) is 4.79 Å². The van der Waals surface area contributed by atoms with Gasteiger partial charge in [0.1, 0.15) is 28.8 Å². The molecule has 2 aromatic heterocycles. The van der Waals surface area contributed by atoms with Gasteiger partial charge in [-0.05, 0) is 71.9 Å². The Morgan fingerprint density at radius 3 is 2.48 bits per heavy atom. The molecule has 29 heavy (non-hydrogen) atoms. The van der Waals surface area contributed by atoms with E-state index in [1.807, 2.05) is 26.8 Å². The number of aromatic nitrogens is 6. The molecule has 0 aliphatic carbocycles. The molecule has 0 fully saturated rings. The third kappa shape index (κ3) is 4.00. The van der Waals surface area contributed by atoms with E-state index in [1.54, 1.807) is 30.3 Å². The Labute approximate surface area is 170 Å². The lowest BCUT2D eigenvalue weighted by Gasteiger charge is -2.14. The standard InChI is InChI=1S/C19H19ClN6O3/c1-11(2)28-26-19(27)15-9-13(4-6-16(15)21-24-26)8-12(3)29-25-18-10-14(20)5-7-17(18)22-23-25/h4-7,9-12H,8H2,1-3H3. The van der Waals surface area contributed by atoms with E-state index in [-0.39, 0.29) is 17.8 Å². The first kappa shape index (κ1) is 19.1. The van der Waals surface area contributed by atoms with Crippen molar-refractivity contribution in [3.05, 3.63) is 57.3 Å². The molecule has 10 heteroatoms. The number of fused-ring (bicyclic) bond motifs is 2. The predicted molar refractivity (Wildman–Crippen MR) is 108 cm³/mol. The summed E-state index contributed by atoms with van der Waals surface area (Å²) in [5.41, 5.74) is 2.45. The summed E-state index contributed by atoms with van der Waals surface area (Å²) >= 11 is 6.05. The molecular weight excluding hydrogens is 396 g/mol. The third-order valence-corrected chi connectivity index (χ3v) is 4.42. The van der Waals surface area contributed by atoms with Crippen LogP contribution in [0.15, 0.2) is 41.2 Å². The van der Waals surface area contributed by atoms with E-state index in [2.05, 4.69) is 20.6 Å². The van der Waals surface area contributed by atoms with Crippen molar-refractivity contribution >= 4 is 33.5 Å². The Kier molecular flexibility index (Phi) is 5.06. The van der Waals surface area contributed by atoms with Gasteiger partial charge in [0.25, 0.3) is 0 Å². The maximum Gasteiger partial charge on any atom is 0.314 e. The van der Waals surface area contributed by atoms with Crippen LogP contribution in [0.3, 0.4) is 0 Å². The first-order valence-corrected chi connectivity index (χ1v) is 9.52. The maximum atomic E-state index is 12.6. The second-order valence-electron chi connectivity index (χ2n) is 6.99. The monoisotopic (exact) mass is 414 g/mol. The fraction of sp³-hybridized carbons (Fsp3) is 0.316. The molecule has 0 aliphatic heterocycles. The van der Waals surface area contributed by atoms with E-state index in [0.29, 0.717) is 33.4 Å². The molecule has 4 aromatic rings. The summed E-state index contributed by atoms with van der Waals surface area (Å²) in [7, 11) is 0. The van der Waals surface area contributed by atoms with Crippen LogP contribution in [-0.2, 0) is 6.42 Å². The fourth-order valence-corrected chi connectivity index (χ4v) is 3.12. The number of rotatable bonds is 6. The number of benzene rings is 2. The lowest BCUT2D eigenvalue weighted by molar-refractivity contribution is 0.0230. The number of halogens is 1. The Bertz CT molecular complexity index is 1240. The van der Waals surface area contributed by atoms with Crippen LogP contribution in [0.5, 0.6) is 0 Å². The maximum absolute atomic E-state index is 12.6. The average molecular weight is 415 g/mol. The molecule has 0 amide bonds. The van der Waals surface area contributed by atoms with Gasteiger partial charge in [-0.25, -0.2) is 0 Å². The average Bonchev–Trinajstić information content (AvgIpc) is 3.06. The summed E-state index contributed by atoms with van der Waals surface area (Å²) in [5, 5.41) is 16.9. The van der Waals surface area contributed by atoms with Crippen molar-refractivity contribution in [2.75, 3.05) is 0 Å². The van der Waals surface area contributed by atoms with Crippen molar-refractivity contribution in [3.63, 3.8) is 0 Å². The quantitative estimate of drug-likeness (QED) is 0.476. The fourth-order valence-electron chi connectivity index (χ4n) is 2.96. The molecule has 1 unspecified atom stereocenters. The molecule has 2 heterocycles. The summed E-state index contributed by atoms with van der Waals surface area (Å²) < 4.78 is 0. The van der Waals surface area contributed by atoms with E-state index in [0.717, 1.165) is 10.4 Å². The normalized spacial score (nSPS) is 12.6. The van der Waals surface area contributed by atoms with Crippen LogP contribution < -0.4 is 15.2 Å². The van der Waals surface area contributed by atoms with Gasteiger partial charge in [0, 0.05) is 11.4 Å². The van der Waals surface area contributed by atoms with Gasteiger partial charge < -0.3 is 9.68 Å². The molecule has 9 nitrogen and oxygen atoms in total. The number of nitrogens with zero attached hydrogens (tertiary/aromatic N) is 6. The second-order valence-corrected chi connectivity index (χ2v) is 7.43. The molecule has 0 aliphatic rings. The molecule has 0 spiro atoms. The Morgan fingerprint density at radius 1 is 0.966 bits per heavy atom. The zero-order chi connectivity index (χ0) is 20.5. The molecular formula is C19H19ClN6O3. The lowest BCUT2D eigenvalue weighted by Crippen LogP contribution is -2.33. The molecule has 4 rings (SSSR count). The van der Waals surface area contributed by atoms with Gasteiger partial charge in [-0.1, -0.05) is 22.5 Å². The zero-order valence-electron chi connectivity index (χ0n) is 16.1. The van der Waals surface area contributed by atoms with Crippen molar-refractivity contribution in [1.82, 2.24) is 30.3 Å². The number of hydrogen-bond acceptors (Lipinski definition) is 7. The smallest absolute Gasteiger partial charge is 0.314 e. The van der Waals surface area contributed by atoms with Crippen LogP contribution >= 0.6 is 11.6 Å². The first-order valence-electron chi connectivity index (χ1n) is 9.14. The van der Waals surface area contributed by atoms with Crippen molar-refractivity contribution in [2.45, 2.75) is 39.4 Å². The highest BCUT2D eigenvalue weighted by atomic mass is 35.5. The topological polar surface area (TPSA) is 97.0 Å². The van der Waals surface area contributed by atoms with E-state index >= 15 is 0 Å². The largest absolute Gasteiger partial charge is 0.392 e. The van der Waals surface area contributed by atoms with Gasteiger partial charge in [-0.15, -0.1) is 10.2 Å². The predicted octanol–water partition coefficient (Wildman–Crippen LogP) is 2.09. The van der Waals surface area contributed by atoms with Crippen LogP contribution in [0.4, 0.5) is 0 Å². The van der Waals surface area contributed by atoms with Crippen LogP contribution in [-0.4, -0.2) is 42.5 Å². The molecule has 150 valence electrons. The minimum Gasteiger partial charge on any atom is -0.392 e. The van der Waals surface area contributed by atoms with Crippen LogP contribution in [0, 0.1) is 0 Å². The highest BCUT2D eigenvalue weighted by molar-refractivity contribution is 6.31. The minimum absolute atomic E-state index is 0.193. The molecule has 1 atom stereocenters. The van der Waals surface area contributed by atoms with Crippen molar-refractivity contribution in [1.29, 1.82) is 0 Å². The van der Waals surface area contributed by atoms with Crippen molar-refractivity contribution in [2.24, 2.45) is 0 Å². The van der Waals surface area contributed by atoms with Gasteiger partial charge in [0.05, 0.1) is 5.39 Å². The number of hydrogen-bond donors (Lipinski definition) is 0. The van der Waals surface area contributed by atoms with Gasteiger partial charge in [0.15, 0.2) is 0 Å². The molecule has 2 aromatic carbocycles. The van der Waals surface area contributed by atoms with E-state index in [4.69, 9.17) is 21.3 Å². The van der Waals surface area contributed by atoms with E-state index in [1.165, 1.54) is 4.85 Å². The third-order valence-electron chi connectivity index (χ3n) is 4.19. The van der Waals surface area contributed by atoms with Gasteiger partial charge in [-0.3, -0.25) is 4.79 Å². The minimum atomic E-state index is -0.351. The van der Waals surface area contributed by atoms with Gasteiger partial charge >= 0.3 is 5.56 Å². The van der Waals surface area contributed by atoms with Crippen LogP contribution in [0.1, 0.15) is 26.3 Å². The van der Waals surface area contributed by atoms with Crippen molar-refractivity contribution < 1.29 is 9.68 Å². The second kappa shape index (κ2) is 7.67. The van der Waals surface area contributed by atoms with Gasteiger partial charge in [-0.2, -0.15) is 0 Å². The Hall–Kier alpha value is -3.20. The summed E-state index contributed by atoms with van der Waals surface area (Å²) in [6.07, 6.45) is 0.118. The highest BCUT2D eigenvalue weighted by Gasteiger charge is 2.13. The summed E-state index contributed by atoms with van der Waals surface area (Å²) in [6, 6.07) is 10.7. The SMILES string of the molecule is CC(C)On1nnc2ccc(CC(C)On3nnc4ccc(Cl)cc43)cc2c1=O. The molecule has 0 bridgehead atoms. The highest BCUT2D eigenvalue weighted by Crippen LogP contribution is 2.17. The first-order chi connectivity index (χ1) is 13.9. The van der Waals surface area contributed by atoms with Crippen LogP contribution in [0.2, 0.25) is 5.02 Å². The summed E-state index contributed by atoms with van der Waals surface area (Å²) in [4.78, 5) is 26.2. The van der Waals surface area contributed by atoms with E-state index < -0.39 is 0 Å². The van der Waals surface area contributed by atoms with Crippen LogP contribution in [0.25, 0.3) is 21.9 Å². The summed E-state index contributed by atoms with van der Waals surface area (Å²) in [5.74, 6) is 0.